The van der Waals surface area contributed by atoms with E-state index in [1.165, 1.54) is 12.1 Å². The number of carbonyl (C=O) groups is 2. The summed E-state index contributed by atoms with van der Waals surface area (Å²) in [5, 5.41) is 22.2. The minimum absolute atomic E-state index is 0.105. The topological polar surface area (TPSA) is 110 Å². The summed E-state index contributed by atoms with van der Waals surface area (Å²) in [4.78, 5) is 33.5. The molecule has 0 spiro atoms. The molecule has 1 aromatic rings. The van der Waals surface area contributed by atoms with E-state index >= 15 is 0 Å². The third-order valence-electron chi connectivity index (χ3n) is 3.11. The van der Waals surface area contributed by atoms with Gasteiger partial charge >= 0.3 is 5.97 Å². The zero-order valence-corrected chi connectivity index (χ0v) is 12.3. The Morgan fingerprint density at radius 1 is 1.48 bits per heavy atom. The lowest BCUT2D eigenvalue weighted by Crippen LogP contribution is -2.22. The number of carboxylic acid groups (broad SMARTS) is 1. The molecule has 1 aromatic carbocycles. The fourth-order valence-electron chi connectivity index (χ4n) is 2.09. The van der Waals surface area contributed by atoms with Gasteiger partial charge in [-0.25, -0.2) is 0 Å². The highest BCUT2D eigenvalue weighted by Crippen LogP contribution is 2.40. The van der Waals surface area contributed by atoms with Gasteiger partial charge in [-0.15, -0.1) is 11.8 Å². The number of rotatable bonds is 5. The zero-order valence-electron chi connectivity index (χ0n) is 11.5. The Labute approximate surface area is 124 Å². The number of nitrogens with one attached hydrogen (secondary N) is 1. The van der Waals surface area contributed by atoms with E-state index in [0.29, 0.717) is 11.3 Å². The number of thioether (sulfide) groups is 1. The minimum atomic E-state index is -1.02. The predicted molar refractivity (Wildman–Crippen MR) is 77.5 cm³/mol. The molecule has 1 unspecified atom stereocenters. The number of benzene rings is 1. The number of aliphatic carboxylic acids is 1. The van der Waals surface area contributed by atoms with Gasteiger partial charge < -0.3 is 10.4 Å². The first kappa shape index (κ1) is 15.3. The number of amides is 1. The smallest absolute Gasteiger partial charge is 0.317 e. The third kappa shape index (κ3) is 3.15. The Bertz CT molecular complexity index is 629. The monoisotopic (exact) mass is 310 g/mol. The van der Waals surface area contributed by atoms with Crippen LogP contribution in [0.15, 0.2) is 17.0 Å². The van der Waals surface area contributed by atoms with Crippen molar-refractivity contribution in [3.05, 3.63) is 27.8 Å². The summed E-state index contributed by atoms with van der Waals surface area (Å²) in [5.41, 5.74) is 0.913. The van der Waals surface area contributed by atoms with E-state index in [2.05, 4.69) is 5.32 Å². The molecule has 1 atom stereocenters. The van der Waals surface area contributed by atoms with E-state index in [0.717, 1.165) is 11.8 Å². The summed E-state index contributed by atoms with van der Waals surface area (Å²) in [7, 11) is 0. The first-order valence-corrected chi connectivity index (χ1v) is 7.18. The van der Waals surface area contributed by atoms with Crippen molar-refractivity contribution in [2.45, 2.75) is 30.4 Å². The maximum Gasteiger partial charge on any atom is 0.317 e. The molecule has 0 fully saturated rings. The largest absolute Gasteiger partial charge is 0.480 e. The fourth-order valence-corrected chi connectivity index (χ4v) is 3.17. The molecule has 0 saturated heterocycles. The van der Waals surface area contributed by atoms with Crippen molar-refractivity contribution in [3.63, 3.8) is 0 Å². The lowest BCUT2D eigenvalue weighted by Gasteiger charge is -2.16. The SMILES string of the molecule is CC(C)C(Sc1cc2c(cc1[N+](=O)[O-])CC(=O)N2)C(=O)O. The van der Waals surface area contributed by atoms with Gasteiger partial charge in [-0.1, -0.05) is 13.8 Å². The van der Waals surface area contributed by atoms with Gasteiger partial charge in [-0.3, -0.25) is 19.7 Å². The number of anilines is 1. The Morgan fingerprint density at radius 3 is 2.67 bits per heavy atom. The van der Waals surface area contributed by atoms with Gasteiger partial charge in [0.1, 0.15) is 5.25 Å². The number of hydrogen-bond donors (Lipinski definition) is 2. The highest BCUT2D eigenvalue weighted by molar-refractivity contribution is 8.00. The number of nitrogens with zero attached hydrogens (tertiary/aromatic N) is 1. The van der Waals surface area contributed by atoms with Gasteiger partial charge in [0.25, 0.3) is 5.69 Å². The highest BCUT2D eigenvalue weighted by atomic mass is 32.2. The average molecular weight is 310 g/mol. The van der Waals surface area contributed by atoms with Crippen LogP contribution in [0.2, 0.25) is 0 Å². The number of nitro benzene ring substituents is 1. The molecular weight excluding hydrogens is 296 g/mol. The van der Waals surface area contributed by atoms with Crippen LogP contribution in [-0.4, -0.2) is 27.2 Å². The fraction of sp³-hybridized carbons (Fsp3) is 0.385. The summed E-state index contributed by atoms with van der Waals surface area (Å²) < 4.78 is 0. The molecule has 0 radical (unpaired) electrons. The summed E-state index contributed by atoms with van der Waals surface area (Å²) >= 11 is 0.935. The van der Waals surface area contributed by atoms with Gasteiger partial charge in [0.05, 0.1) is 16.2 Å². The van der Waals surface area contributed by atoms with Crippen LogP contribution >= 0.6 is 11.8 Å². The third-order valence-corrected chi connectivity index (χ3v) is 4.69. The first-order valence-electron chi connectivity index (χ1n) is 6.30. The van der Waals surface area contributed by atoms with Crippen LogP contribution in [0.1, 0.15) is 19.4 Å². The molecule has 21 heavy (non-hydrogen) atoms. The molecule has 0 aromatic heterocycles. The molecule has 1 aliphatic heterocycles. The summed E-state index contributed by atoms with van der Waals surface area (Å²) in [6.45, 7) is 3.49. The van der Waals surface area contributed by atoms with Crippen LogP contribution in [0, 0.1) is 16.0 Å². The molecule has 1 heterocycles. The van der Waals surface area contributed by atoms with E-state index in [9.17, 15) is 24.8 Å². The van der Waals surface area contributed by atoms with Crippen molar-refractivity contribution in [3.8, 4) is 0 Å². The Kier molecular flexibility index (Phi) is 4.17. The van der Waals surface area contributed by atoms with E-state index in [1.54, 1.807) is 13.8 Å². The molecule has 112 valence electrons. The minimum Gasteiger partial charge on any atom is -0.480 e. The van der Waals surface area contributed by atoms with Crippen LogP contribution in [0.25, 0.3) is 0 Å². The molecule has 0 bridgehead atoms. The summed E-state index contributed by atoms with van der Waals surface area (Å²) in [6.07, 6.45) is 0.105. The molecule has 8 heteroatoms. The van der Waals surface area contributed by atoms with Crippen LogP contribution in [0.4, 0.5) is 11.4 Å². The van der Waals surface area contributed by atoms with Crippen molar-refractivity contribution in [2.75, 3.05) is 5.32 Å². The van der Waals surface area contributed by atoms with Gasteiger partial charge in [-0.05, 0) is 17.5 Å². The second-order valence-electron chi connectivity index (χ2n) is 5.08. The van der Waals surface area contributed by atoms with Gasteiger partial charge in [0.15, 0.2) is 0 Å². The highest BCUT2D eigenvalue weighted by Gasteiger charge is 2.29. The molecule has 7 nitrogen and oxygen atoms in total. The number of nitro groups is 1. The molecule has 1 amide bonds. The molecule has 0 saturated carbocycles. The van der Waals surface area contributed by atoms with Crippen LogP contribution in [-0.2, 0) is 16.0 Å². The summed E-state index contributed by atoms with van der Waals surface area (Å²) in [5.74, 6) is -1.43. The Morgan fingerprint density at radius 2 is 2.14 bits per heavy atom. The molecule has 1 aliphatic rings. The van der Waals surface area contributed by atoms with Crippen molar-refractivity contribution >= 4 is 35.0 Å². The first-order chi connectivity index (χ1) is 9.79. The van der Waals surface area contributed by atoms with E-state index in [1.807, 2.05) is 0 Å². The maximum absolute atomic E-state index is 11.3. The number of hydrogen-bond acceptors (Lipinski definition) is 5. The number of carbonyl (C=O) groups excluding carboxylic acids is 1. The van der Waals surface area contributed by atoms with Crippen molar-refractivity contribution in [2.24, 2.45) is 5.92 Å². The Hall–Kier alpha value is -2.09. The van der Waals surface area contributed by atoms with Gasteiger partial charge in [0.2, 0.25) is 5.91 Å². The van der Waals surface area contributed by atoms with E-state index < -0.39 is 16.1 Å². The standard InChI is InChI=1S/C13H14N2O5S/c1-6(2)12(13(17)18)21-10-5-8-7(4-11(16)14-8)3-9(10)15(19)20/h3,5-6,12H,4H2,1-2H3,(H,14,16)(H,17,18). The molecule has 0 aliphatic carbocycles. The van der Waals surface area contributed by atoms with Crippen molar-refractivity contribution in [1.82, 2.24) is 0 Å². The van der Waals surface area contributed by atoms with E-state index in [-0.39, 0.29) is 28.8 Å². The van der Waals surface area contributed by atoms with Crippen LogP contribution < -0.4 is 5.32 Å². The van der Waals surface area contributed by atoms with Crippen molar-refractivity contribution in [1.29, 1.82) is 0 Å². The Balaban J connectivity index is 2.43. The van der Waals surface area contributed by atoms with Crippen molar-refractivity contribution < 1.29 is 19.6 Å². The van der Waals surface area contributed by atoms with Crippen LogP contribution in [0.5, 0.6) is 0 Å². The normalized spacial score (nSPS) is 14.7. The number of carboxylic acids is 1. The second-order valence-corrected chi connectivity index (χ2v) is 6.26. The van der Waals surface area contributed by atoms with E-state index in [4.69, 9.17) is 0 Å². The second kappa shape index (κ2) is 5.72. The van der Waals surface area contributed by atoms with Gasteiger partial charge in [0, 0.05) is 11.8 Å². The summed E-state index contributed by atoms with van der Waals surface area (Å²) in [6, 6.07) is 2.83. The van der Waals surface area contributed by atoms with Gasteiger partial charge in [-0.2, -0.15) is 0 Å². The molecular formula is C13H14N2O5S. The maximum atomic E-state index is 11.3. The zero-order chi connectivity index (χ0) is 15.7. The molecule has 2 rings (SSSR count). The predicted octanol–water partition coefficient (Wildman–Crippen LogP) is 2.29. The lowest BCUT2D eigenvalue weighted by molar-refractivity contribution is -0.387. The van der Waals surface area contributed by atoms with Crippen LogP contribution in [0.3, 0.4) is 0 Å². The quantitative estimate of drug-likeness (QED) is 0.490. The number of fused-ring (bicyclic) bond motifs is 1. The average Bonchev–Trinajstić information content (AvgIpc) is 2.72. The lowest BCUT2D eigenvalue weighted by atomic mass is 10.1. The molecule has 2 N–H and O–H groups in total.